The SMILES string of the molecule is CCC(C(N)=O)n1cccn1. The van der Waals surface area contributed by atoms with Gasteiger partial charge in [0.2, 0.25) is 5.91 Å². The van der Waals surface area contributed by atoms with Crippen molar-refractivity contribution in [2.75, 3.05) is 0 Å². The first kappa shape index (κ1) is 7.78. The third-order valence-corrected chi connectivity index (χ3v) is 1.56. The Hall–Kier alpha value is -1.32. The predicted molar refractivity (Wildman–Crippen MR) is 40.7 cm³/mol. The lowest BCUT2D eigenvalue weighted by Crippen LogP contribution is -2.26. The first-order chi connectivity index (χ1) is 5.25. The average Bonchev–Trinajstić information content (AvgIpc) is 2.40. The van der Waals surface area contributed by atoms with Gasteiger partial charge in [-0.3, -0.25) is 9.48 Å². The van der Waals surface area contributed by atoms with Crippen molar-refractivity contribution < 1.29 is 4.79 Å². The van der Waals surface area contributed by atoms with E-state index in [9.17, 15) is 4.79 Å². The molecule has 0 aliphatic rings. The minimum atomic E-state index is -0.337. The molecule has 1 amide bonds. The Kier molecular flexibility index (Phi) is 2.25. The first-order valence-electron chi connectivity index (χ1n) is 3.54. The van der Waals surface area contributed by atoms with Crippen molar-refractivity contribution in [3.63, 3.8) is 0 Å². The van der Waals surface area contributed by atoms with Gasteiger partial charge in [0.25, 0.3) is 0 Å². The maximum Gasteiger partial charge on any atom is 0.242 e. The Bertz CT molecular complexity index is 230. The van der Waals surface area contributed by atoms with Crippen LogP contribution in [0.1, 0.15) is 19.4 Å². The Morgan fingerprint density at radius 2 is 2.55 bits per heavy atom. The lowest BCUT2D eigenvalue weighted by atomic mass is 10.2. The van der Waals surface area contributed by atoms with Crippen LogP contribution in [-0.4, -0.2) is 15.7 Å². The summed E-state index contributed by atoms with van der Waals surface area (Å²) in [5, 5.41) is 3.92. The molecular formula is C7H11N3O. The molecule has 4 nitrogen and oxygen atoms in total. The summed E-state index contributed by atoms with van der Waals surface area (Å²) in [6.45, 7) is 1.90. The largest absolute Gasteiger partial charge is 0.368 e. The van der Waals surface area contributed by atoms with E-state index in [1.807, 2.05) is 6.92 Å². The minimum Gasteiger partial charge on any atom is -0.368 e. The van der Waals surface area contributed by atoms with Gasteiger partial charge < -0.3 is 5.73 Å². The van der Waals surface area contributed by atoms with Crippen LogP contribution in [0.2, 0.25) is 0 Å². The molecule has 1 atom stereocenters. The van der Waals surface area contributed by atoms with Crippen LogP contribution in [0.25, 0.3) is 0 Å². The Morgan fingerprint density at radius 3 is 2.91 bits per heavy atom. The Labute approximate surface area is 65.0 Å². The maximum atomic E-state index is 10.8. The third kappa shape index (κ3) is 1.58. The van der Waals surface area contributed by atoms with Crippen LogP contribution in [-0.2, 0) is 4.79 Å². The van der Waals surface area contributed by atoms with E-state index in [1.54, 1.807) is 23.1 Å². The summed E-state index contributed by atoms with van der Waals surface area (Å²) in [5.41, 5.74) is 5.14. The van der Waals surface area contributed by atoms with Crippen LogP contribution in [0.5, 0.6) is 0 Å². The zero-order chi connectivity index (χ0) is 8.27. The zero-order valence-electron chi connectivity index (χ0n) is 6.40. The molecule has 1 rings (SSSR count). The summed E-state index contributed by atoms with van der Waals surface area (Å²) < 4.78 is 1.57. The molecule has 1 aromatic heterocycles. The van der Waals surface area contributed by atoms with Crippen LogP contribution in [0.3, 0.4) is 0 Å². The normalized spacial score (nSPS) is 12.8. The molecule has 0 aliphatic carbocycles. The van der Waals surface area contributed by atoms with Gasteiger partial charge in [0, 0.05) is 12.4 Å². The fraction of sp³-hybridized carbons (Fsp3) is 0.429. The molecule has 0 saturated heterocycles. The first-order valence-corrected chi connectivity index (χ1v) is 3.54. The summed E-state index contributed by atoms with van der Waals surface area (Å²) in [6, 6.07) is 1.47. The molecule has 0 fully saturated rings. The zero-order valence-corrected chi connectivity index (χ0v) is 6.40. The van der Waals surface area contributed by atoms with E-state index in [2.05, 4.69) is 5.10 Å². The molecule has 1 aromatic rings. The molecule has 1 unspecified atom stereocenters. The fourth-order valence-electron chi connectivity index (χ4n) is 0.984. The predicted octanol–water partition coefficient (Wildman–Crippen LogP) is 0.319. The molecule has 2 N–H and O–H groups in total. The standard InChI is InChI=1S/C7H11N3O/c1-2-6(7(8)11)10-5-3-4-9-10/h3-6H,2H2,1H3,(H2,8,11). The van der Waals surface area contributed by atoms with Crippen molar-refractivity contribution in [1.29, 1.82) is 0 Å². The van der Waals surface area contributed by atoms with Crippen molar-refractivity contribution in [3.8, 4) is 0 Å². The maximum absolute atomic E-state index is 10.8. The number of amides is 1. The molecular weight excluding hydrogens is 142 g/mol. The van der Waals surface area contributed by atoms with Crippen molar-refractivity contribution in [2.24, 2.45) is 5.73 Å². The molecule has 0 radical (unpaired) electrons. The number of rotatable bonds is 3. The molecule has 4 heteroatoms. The number of nitrogens with zero attached hydrogens (tertiary/aromatic N) is 2. The molecule has 0 spiro atoms. The van der Waals surface area contributed by atoms with Gasteiger partial charge in [-0.25, -0.2) is 0 Å². The Morgan fingerprint density at radius 1 is 1.82 bits per heavy atom. The van der Waals surface area contributed by atoms with E-state index in [0.29, 0.717) is 6.42 Å². The van der Waals surface area contributed by atoms with Gasteiger partial charge in [0.05, 0.1) is 0 Å². The van der Waals surface area contributed by atoms with E-state index < -0.39 is 0 Å². The van der Waals surface area contributed by atoms with Gasteiger partial charge in [-0.2, -0.15) is 5.10 Å². The van der Waals surface area contributed by atoms with Gasteiger partial charge in [0.1, 0.15) is 6.04 Å². The van der Waals surface area contributed by atoms with Crippen LogP contribution in [0.4, 0.5) is 0 Å². The summed E-state index contributed by atoms with van der Waals surface area (Å²) in [7, 11) is 0. The second-order valence-corrected chi connectivity index (χ2v) is 2.31. The number of nitrogens with two attached hydrogens (primary N) is 1. The molecule has 0 saturated carbocycles. The number of carbonyl (C=O) groups excluding carboxylic acids is 1. The summed E-state index contributed by atoms with van der Waals surface area (Å²) in [6.07, 6.45) is 4.04. The van der Waals surface area contributed by atoms with Crippen molar-refractivity contribution in [1.82, 2.24) is 9.78 Å². The highest BCUT2D eigenvalue weighted by Gasteiger charge is 2.13. The average molecular weight is 153 g/mol. The van der Waals surface area contributed by atoms with E-state index in [-0.39, 0.29) is 11.9 Å². The van der Waals surface area contributed by atoms with Gasteiger partial charge in [-0.1, -0.05) is 6.92 Å². The number of primary amides is 1. The molecule has 0 aliphatic heterocycles. The summed E-state index contributed by atoms with van der Waals surface area (Å²) in [5.74, 6) is -0.337. The van der Waals surface area contributed by atoms with Crippen molar-refractivity contribution in [2.45, 2.75) is 19.4 Å². The molecule has 1 heterocycles. The smallest absolute Gasteiger partial charge is 0.242 e. The number of aromatic nitrogens is 2. The fourth-order valence-corrected chi connectivity index (χ4v) is 0.984. The Balaban J connectivity index is 2.79. The topological polar surface area (TPSA) is 60.9 Å². The number of carbonyl (C=O) groups is 1. The van der Waals surface area contributed by atoms with Gasteiger partial charge in [-0.15, -0.1) is 0 Å². The monoisotopic (exact) mass is 153 g/mol. The van der Waals surface area contributed by atoms with Crippen molar-refractivity contribution >= 4 is 5.91 Å². The second kappa shape index (κ2) is 3.18. The van der Waals surface area contributed by atoms with E-state index in [0.717, 1.165) is 0 Å². The third-order valence-electron chi connectivity index (χ3n) is 1.56. The van der Waals surface area contributed by atoms with Crippen LogP contribution in [0.15, 0.2) is 18.5 Å². The van der Waals surface area contributed by atoms with Crippen LogP contribution >= 0.6 is 0 Å². The van der Waals surface area contributed by atoms with E-state index in [4.69, 9.17) is 5.73 Å². The van der Waals surface area contributed by atoms with Gasteiger partial charge >= 0.3 is 0 Å². The highest BCUT2D eigenvalue weighted by Crippen LogP contribution is 2.07. The highest BCUT2D eigenvalue weighted by molar-refractivity contribution is 5.78. The number of hydrogen-bond donors (Lipinski definition) is 1. The van der Waals surface area contributed by atoms with Gasteiger partial charge in [0.15, 0.2) is 0 Å². The quantitative estimate of drug-likeness (QED) is 0.679. The molecule has 0 aromatic carbocycles. The molecule has 0 bridgehead atoms. The van der Waals surface area contributed by atoms with E-state index >= 15 is 0 Å². The van der Waals surface area contributed by atoms with Crippen LogP contribution in [0, 0.1) is 0 Å². The minimum absolute atomic E-state index is 0.301. The van der Waals surface area contributed by atoms with Gasteiger partial charge in [-0.05, 0) is 12.5 Å². The lowest BCUT2D eigenvalue weighted by Gasteiger charge is -2.09. The van der Waals surface area contributed by atoms with E-state index in [1.165, 1.54) is 0 Å². The number of hydrogen-bond acceptors (Lipinski definition) is 2. The molecule has 11 heavy (non-hydrogen) atoms. The highest BCUT2D eigenvalue weighted by atomic mass is 16.1. The van der Waals surface area contributed by atoms with Crippen LogP contribution < -0.4 is 5.73 Å². The molecule has 60 valence electrons. The second-order valence-electron chi connectivity index (χ2n) is 2.31. The van der Waals surface area contributed by atoms with Crippen molar-refractivity contribution in [3.05, 3.63) is 18.5 Å². The lowest BCUT2D eigenvalue weighted by molar-refractivity contribution is -0.121. The summed E-state index contributed by atoms with van der Waals surface area (Å²) in [4.78, 5) is 10.8. The summed E-state index contributed by atoms with van der Waals surface area (Å²) >= 11 is 0.